The largest absolute Gasteiger partial charge is 0.449 e. The molecular formula is C50H54ClNO4. The summed E-state index contributed by atoms with van der Waals surface area (Å²) in [5.74, 6) is -0.0249. The van der Waals surface area contributed by atoms with Gasteiger partial charge in [0.05, 0.1) is 6.42 Å². The van der Waals surface area contributed by atoms with Crippen molar-refractivity contribution in [2.45, 2.75) is 107 Å². The highest BCUT2D eigenvalue weighted by Gasteiger charge is 2.42. The van der Waals surface area contributed by atoms with Gasteiger partial charge < -0.3 is 14.8 Å². The molecule has 0 aliphatic heterocycles. The van der Waals surface area contributed by atoms with Crippen LogP contribution in [0.25, 0.3) is 11.1 Å². The molecule has 0 heterocycles. The zero-order valence-corrected chi connectivity index (χ0v) is 33.3. The van der Waals surface area contributed by atoms with E-state index in [1.165, 1.54) is 87.3 Å². The molecule has 0 aromatic heterocycles. The zero-order valence-electron chi connectivity index (χ0n) is 32.6. The van der Waals surface area contributed by atoms with E-state index in [2.05, 4.69) is 53.8 Å². The lowest BCUT2D eigenvalue weighted by Gasteiger charge is -2.36. The Kier molecular flexibility index (Phi) is 13.2. The Labute approximate surface area is 337 Å². The van der Waals surface area contributed by atoms with Crippen molar-refractivity contribution in [3.63, 3.8) is 0 Å². The Bertz CT molecular complexity index is 2010. The summed E-state index contributed by atoms with van der Waals surface area (Å²) in [6.45, 7) is 1.98. The molecule has 2 aliphatic rings. The molecule has 290 valence electrons. The Hall–Kier alpha value is -4.87. The maximum absolute atomic E-state index is 14.2. The van der Waals surface area contributed by atoms with Gasteiger partial charge in [0.15, 0.2) is 5.60 Å². The molecule has 5 aromatic carbocycles. The number of alkyl carbamates (subject to hydrolysis) is 1. The van der Waals surface area contributed by atoms with E-state index >= 15 is 0 Å². The second kappa shape index (κ2) is 18.8. The van der Waals surface area contributed by atoms with Gasteiger partial charge in [0.2, 0.25) is 0 Å². The fraction of sp³-hybridized carbons (Fsp3) is 0.360. The van der Waals surface area contributed by atoms with E-state index in [-0.39, 0.29) is 18.9 Å². The van der Waals surface area contributed by atoms with Crippen LogP contribution in [0.3, 0.4) is 0 Å². The number of ether oxygens (including phenoxy) is 2. The fourth-order valence-electron chi connectivity index (χ4n) is 8.91. The Morgan fingerprint density at radius 2 is 1.18 bits per heavy atom. The summed E-state index contributed by atoms with van der Waals surface area (Å²) in [6, 6.07) is 42.0. The standard InChI is InChI=1S/C50H54ClNO4/c1-36(52-49(54)55-35-45-43-26-16-14-24-41(43)42-25-15-17-27-44(42)45)34-48(53)56-50(39-22-12-9-13-23-39,46-28-18-19-29-47(46)51)40-32-30-38(31-33-40)37-20-10-7-5-3-2-4-6-8-11-21-37/h9,12-19,22-33,36-37,45H,2-8,10-11,20-21,34-35H2,1H3,(H,52,54)/t36-,50?/m0/s1. The molecule has 0 saturated heterocycles. The Balaban J connectivity index is 1.09. The first kappa shape index (κ1) is 39.4. The highest BCUT2D eigenvalue weighted by Crippen LogP contribution is 2.46. The van der Waals surface area contributed by atoms with Gasteiger partial charge in [-0.05, 0) is 59.6 Å². The summed E-state index contributed by atoms with van der Waals surface area (Å²) < 4.78 is 12.5. The van der Waals surface area contributed by atoms with E-state index in [0.29, 0.717) is 16.5 Å². The molecule has 1 amide bonds. The number of rotatable bonds is 10. The topological polar surface area (TPSA) is 64.6 Å². The summed E-state index contributed by atoms with van der Waals surface area (Å²) >= 11 is 6.99. The molecule has 1 saturated carbocycles. The number of hydrogen-bond acceptors (Lipinski definition) is 4. The molecule has 0 bridgehead atoms. The van der Waals surface area contributed by atoms with E-state index in [1.807, 2.05) is 78.9 Å². The Morgan fingerprint density at radius 3 is 1.79 bits per heavy atom. The average molecular weight is 768 g/mol. The van der Waals surface area contributed by atoms with Crippen molar-refractivity contribution in [3.05, 3.63) is 166 Å². The highest BCUT2D eigenvalue weighted by molar-refractivity contribution is 6.31. The molecule has 1 N–H and O–H groups in total. The molecule has 6 heteroatoms. The molecule has 5 nitrogen and oxygen atoms in total. The van der Waals surface area contributed by atoms with E-state index in [1.54, 1.807) is 6.92 Å². The van der Waals surface area contributed by atoms with Gasteiger partial charge in [0.1, 0.15) is 6.61 Å². The summed E-state index contributed by atoms with van der Waals surface area (Å²) in [6.07, 6.45) is 13.6. The van der Waals surface area contributed by atoms with Gasteiger partial charge in [0, 0.05) is 33.7 Å². The van der Waals surface area contributed by atoms with E-state index in [9.17, 15) is 9.59 Å². The number of halogens is 1. The maximum atomic E-state index is 14.2. The number of hydrogen-bond donors (Lipinski definition) is 1. The number of benzene rings is 5. The third kappa shape index (κ3) is 9.05. The lowest BCUT2D eigenvalue weighted by molar-refractivity contribution is -0.154. The Morgan fingerprint density at radius 1 is 0.661 bits per heavy atom. The minimum absolute atomic E-state index is 0.0582. The van der Waals surface area contributed by atoms with Crippen LogP contribution in [0.2, 0.25) is 5.02 Å². The minimum atomic E-state index is -1.33. The summed E-state index contributed by atoms with van der Waals surface area (Å²) in [5, 5.41) is 3.38. The first-order valence-electron chi connectivity index (χ1n) is 20.7. The molecule has 56 heavy (non-hydrogen) atoms. The van der Waals surface area contributed by atoms with Crippen molar-refractivity contribution in [1.29, 1.82) is 0 Å². The van der Waals surface area contributed by atoms with Gasteiger partial charge in [0.25, 0.3) is 0 Å². The third-order valence-electron chi connectivity index (χ3n) is 11.8. The van der Waals surface area contributed by atoms with Crippen molar-refractivity contribution in [1.82, 2.24) is 5.32 Å². The monoisotopic (exact) mass is 767 g/mol. The summed E-state index contributed by atoms with van der Waals surface area (Å²) in [7, 11) is 0. The zero-order chi connectivity index (χ0) is 38.7. The van der Waals surface area contributed by atoms with Crippen LogP contribution >= 0.6 is 11.6 Å². The van der Waals surface area contributed by atoms with Crippen molar-refractivity contribution in [2.75, 3.05) is 6.61 Å². The quantitative estimate of drug-likeness (QED) is 0.114. The van der Waals surface area contributed by atoms with Crippen LogP contribution in [0.5, 0.6) is 0 Å². The van der Waals surface area contributed by atoms with Crippen LogP contribution < -0.4 is 5.32 Å². The predicted molar refractivity (Wildman–Crippen MR) is 226 cm³/mol. The van der Waals surface area contributed by atoms with Crippen molar-refractivity contribution in [2.24, 2.45) is 0 Å². The minimum Gasteiger partial charge on any atom is -0.449 e. The highest BCUT2D eigenvalue weighted by atomic mass is 35.5. The first-order valence-corrected chi connectivity index (χ1v) is 21.1. The van der Waals surface area contributed by atoms with E-state index < -0.39 is 23.7 Å². The van der Waals surface area contributed by atoms with Gasteiger partial charge in [-0.2, -0.15) is 0 Å². The number of amides is 1. The SMILES string of the molecule is C[C@@H](CC(=O)OC(c1ccccc1)(c1ccc(C2CCCCCCCCCCC2)cc1)c1ccccc1Cl)NC(=O)OCC1c2ccccc2-c2ccccc21. The van der Waals surface area contributed by atoms with Crippen LogP contribution in [0, 0.1) is 0 Å². The number of carbonyl (C=O) groups is 2. The number of carbonyl (C=O) groups excluding carboxylic acids is 2. The first-order chi connectivity index (χ1) is 27.4. The van der Waals surface area contributed by atoms with E-state index in [4.69, 9.17) is 21.1 Å². The third-order valence-corrected chi connectivity index (χ3v) is 12.1. The molecule has 5 aromatic rings. The summed E-state index contributed by atoms with van der Waals surface area (Å²) in [5.41, 5.74) is 6.91. The number of fused-ring (bicyclic) bond motifs is 3. The van der Waals surface area contributed by atoms with Crippen molar-refractivity contribution >= 4 is 23.7 Å². The van der Waals surface area contributed by atoms with Crippen molar-refractivity contribution < 1.29 is 19.1 Å². The van der Waals surface area contributed by atoms with Crippen LogP contribution in [0.15, 0.2) is 127 Å². The van der Waals surface area contributed by atoms with Crippen LogP contribution in [0.4, 0.5) is 4.79 Å². The van der Waals surface area contributed by atoms with Crippen molar-refractivity contribution in [3.8, 4) is 11.1 Å². The number of esters is 1. The van der Waals surface area contributed by atoms with Gasteiger partial charge in [-0.3, -0.25) is 4.79 Å². The second-order valence-corrected chi connectivity index (χ2v) is 16.1. The molecule has 7 rings (SSSR count). The lowest BCUT2D eigenvalue weighted by Crippen LogP contribution is -2.39. The van der Waals surface area contributed by atoms with Crippen LogP contribution in [-0.4, -0.2) is 24.7 Å². The summed E-state index contributed by atoms with van der Waals surface area (Å²) in [4.78, 5) is 27.3. The van der Waals surface area contributed by atoms with Crippen LogP contribution in [0.1, 0.15) is 129 Å². The molecule has 0 spiro atoms. The van der Waals surface area contributed by atoms with Gasteiger partial charge >= 0.3 is 12.1 Å². The van der Waals surface area contributed by atoms with Crippen LogP contribution in [-0.2, 0) is 19.9 Å². The normalized spacial score (nSPS) is 16.9. The lowest BCUT2D eigenvalue weighted by atomic mass is 9.78. The molecule has 2 atom stereocenters. The molecule has 0 radical (unpaired) electrons. The maximum Gasteiger partial charge on any atom is 0.407 e. The van der Waals surface area contributed by atoms with Gasteiger partial charge in [-0.25, -0.2) is 4.79 Å². The van der Waals surface area contributed by atoms with Gasteiger partial charge in [-0.15, -0.1) is 0 Å². The average Bonchev–Trinajstić information content (AvgIpc) is 3.53. The predicted octanol–water partition coefficient (Wildman–Crippen LogP) is 12.9. The fourth-order valence-corrected chi connectivity index (χ4v) is 9.18. The van der Waals surface area contributed by atoms with E-state index in [0.717, 1.165) is 22.3 Å². The molecular weight excluding hydrogens is 714 g/mol. The molecule has 1 fully saturated rings. The number of nitrogens with one attached hydrogen (secondary N) is 1. The van der Waals surface area contributed by atoms with Gasteiger partial charge in [-0.1, -0.05) is 191 Å². The molecule has 2 aliphatic carbocycles. The smallest absolute Gasteiger partial charge is 0.407 e. The second-order valence-electron chi connectivity index (χ2n) is 15.7. The molecule has 1 unspecified atom stereocenters.